The van der Waals surface area contributed by atoms with Crippen LogP contribution < -0.4 is 5.32 Å². The number of rotatable bonds is 6. The molecule has 0 aromatic heterocycles. The second kappa shape index (κ2) is 7.86. The highest BCUT2D eigenvalue weighted by atomic mass is 32.2. The van der Waals surface area contributed by atoms with Crippen LogP contribution in [-0.2, 0) is 37.8 Å². The van der Waals surface area contributed by atoms with Crippen LogP contribution in [0.1, 0.15) is 24.5 Å². The van der Waals surface area contributed by atoms with Gasteiger partial charge in [-0.25, -0.2) is 8.42 Å². The lowest BCUT2D eigenvalue weighted by Crippen LogP contribution is -2.50. The molecule has 2 aliphatic heterocycles. The highest BCUT2D eigenvalue weighted by Gasteiger charge is 2.34. The number of carbonyl (C=O) groups is 1. The third kappa shape index (κ3) is 4.68. The van der Waals surface area contributed by atoms with Crippen molar-refractivity contribution in [3.8, 4) is 0 Å². The molecule has 1 aromatic carbocycles. The fourth-order valence-electron chi connectivity index (χ4n) is 3.53. The lowest BCUT2D eigenvalue weighted by Gasteiger charge is -2.32. The molecule has 0 aliphatic carbocycles. The van der Waals surface area contributed by atoms with E-state index in [4.69, 9.17) is 0 Å². The smallest absolute Gasteiger partial charge is 0.282 e. The summed E-state index contributed by atoms with van der Waals surface area (Å²) in [6.07, 6.45) is 1.01. The summed E-state index contributed by atoms with van der Waals surface area (Å²) in [4.78, 5) is 12.3. The van der Waals surface area contributed by atoms with Crippen molar-refractivity contribution in [1.29, 1.82) is 0 Å². The summed E-state index contributed by atoms with van der Waals surface area (Å²) in [5.74, 6) is -0.499. The predicted octanol–water partition coefficient (Wildman–Crippen LogP) is -0.0853. The minimum absolute atomic E-state index is 0.0565. The molecule has 1 atom stereocenters. The van der Waals surface area contributed by atoms with Crippen molar-refractivity contribution in [1.82, 2.24) is 13.9 Å². The molecule has 0 saturated carbocycles. The van der Waals surface area contributed by atoms with Crippen LogP contribution in [0.3, 0.4) is 0 Å². The number of hydrogen-bond donors (Lipinski definition) is 1. The Bertz CT molecular complexity index is 914. The summed E-state index contributed by atoms with van der Waals surface area (Å²) in [7, 11) is -6.88. The quantitative estimate of drug-likeness (QED) is 0.700. The van der Waals surface area contributed by atoms with Crippen LogP contribution in [0.2, 0.25) is 0 Å². The predicted molar refractivity (Wildman–Crippen MR) is 102 cm³/mol. The van der Waals surface area contributed by atoms with E-state index in [1.54, 1.807) is 6.92 Å². The van der Waals surface area contributed by atoms with E-state index in [1.165, 1.54) is 4.31 Å². The molecule has 1 aromatic rings. The van der Waals surface area contributed by atoms with Gasteiger partial charge in [-0.1, -0.05) is 31.2 Å². The van der Waals surface area contributed by atoms with Crippen LogP contribution in [0.4, 0.5) is 0 Å². The van der Waals surface area contributed by atoms with Crippen LogP contribution in [0, 0.1) is 0 Å². The highest BCUT2D eigenvalue weighted by Crippen LogP contribution is 2.22. The number of amides is 1. The summed E-state index contributed by atoms with van der Waals surface area (Å²) < 4.78 is 51.5. The number of likely N-dealkylation sites (N-methyl/N-ethyl adjacent to an activating group) is 1. The zero-order valence-electron chi connectivity index (χ0n) is 15.3. The zero-order chi connectivity index (χ0) is 19.7. The molecule has 1 N–H and O–H groups in total. The van der Waals surface area contributed by atoms with Crippen molar-refractivity contribution in [2.45, 2.75) is 32.4 Å². The first-order chi connectivity index (χ1) is 12.7. The molecule has 1 unspecified atom stereocenters. The molecule has 1 saturated heterocycles. The van der Waals surface area contributed by atoms with Gasteiger partial charge in [0.2, 0.25) is 5.91 Å². The summed E-state index contributed by atoms with van der Waals surface area (Å²) in [6, 6.07) is 7.30. The van der Waals surface area contributed by atoms with Gasteiger partial charge < -0.3 is 5.32 Å². The number of carbonyl (C=O) groups excluding carboxylic acids is 1. The van der Waals surface area contributed by atoms with Crippen molar-refractivity contribution < 1.29 is 21.6 Å². The standard InChI is InChI=1S/C17H25N3O5S2/c1-2-19(12-17(21)18-16-8-10-26(22,23)13-16)27(24,25)20-9-7-14-5-3-4-6-15(14)11-20/h3-6,16H,2,7-13H2,1H3,(H,18,21). The van der Waals surface area contributed by atoms with Gasteiger partial charge >= 0.3 is 0 Å². The van der Waals surface area contributed by atoms with E-state index < -0.39 is 32.0 Å². The maximum absolute atomic E-state index is 13.0. The first-order valence-electron chi connectivity index (χ1n) is 9.03. The number of hydrogen-bond acceptors (Lipinski definition) is 5. The van der Waals surface area contributed by atoms with Crippen molar-refractivity contribution in [2.24, 2.45) is 0 Å². The number of nitrogens with zero attached hydrogens (tertiary/aromatic N) is 2. The second-order valence-corrected chi connectivity index (χ2v) is 11.1. The maximum atomic E-state index is 13.0. The van der Waals surface area contributed by atoms with Gasteiger partial charge in [0.05, 0.1) is 18.1 Å². The summed E-state index contributed by atoms with van der Waals surface area (Å²) in [5, 5.41) is 2.65. The molecule has 3 rings (SSSR count). The molecule has 0 spiro atoms. The lowest BCUT2D eigenvalue weighted by atomic mass is 10.0. The average molecular weight is 416 g/mol. The number of benzene rings is 1. The molecule has 0 radical (unpaired) electrons. The van der Waals surface area contributed by atoms with E-state index >= 15 is 0 Å². The average Bonchev–Trinajstić information content (AvgIpc) is 2.97. The molecular weight excluding hydrogens is 390 g/mol. The number of nitrogens with one attached hydrogen (secondary N) is 1. The Hall–Kier alpha value is -1.49. The van der Waals surface area contributed by atoms with Crippen molar-refractivity contribution in [3.05, 3.63) is 35.4 Å². The van der Waals surface area contributed by atoms with Crippen LogP contribution in [-0.4, -0.2) is 68.5 Å². The van der Waals surface area contributed by atoms with Crippen LogP contribution >= 0.6 is 0 Å². The van der Waals surface area contributed by atoms with Gasteiger partial charge in [0.15, 0.2) is 9.84 Å². The molecule has 27 heavy (non-hydrogen) atoms. The Morgan fingerprint density at radius 3 is 2.63 bits per heavy atom. The van der Waals surface area contributed by atoms with E-state index in [2.05, 4.69) is 5.32 Å². The van der Waals surface area contributed by atoms with Gasteiger partial charge in [-0.05, 0) is 24.0 Å². The van der Waals surface area contributed by atoms with Crippen LogP contribution in [0.5, 0.6) is 0 Å². The van der Waals surface area contributed by atoms with Gasteiger partial charge in [-0.15, -0.1) is 0 Å². The molecule has 1 fully saturated rings. The largest absolute Gasteiger partial charge is 0.351 e. The SMILES string of the molecule is CCN(CC(=O)NC1CCS(=O)(=O)C1)S(=O)(=O)N1CCc2ccccc2C1. The van der Waals surface area contributed by atoms with E-state index in [-0.39, 0.29) is 31.1 Å². The van der Waals surface area contributed by atoms with Gasteiger partial charge in [0, 0.05) is 25.7 Å². The topological polar surface area (TPSA) is 104 Å². The van der Waals surface area contributed by atoms with Crippen molar-refractivity contribution in [2.75, 3.05) is 31.1 Å². The highest BCUT2D eigenvalue weighted by molar-refractivity contribution is 7.91. The zero-order valence-corrected chi connectivity index (χ0v) is 16.9. The van der Waals surface area contributed by atoms with Gasteiger partial charge in [-0.2, -0.15) is 17.0 Å². The third-order valence-electron chi connectivity index (χ3n) is 5.02. The normalized spacial score (nSPS) is 22.5. The Labute approximate surface area is 160 Å². The fraction of sp³-hybridized carbons (Fsp3) is 0.588. The minimum atomic E-state index is -3.78. The molecule has 1 amide bonds. The maximum Gasteiger partial charge on any atom is 0.282 e. The molecule has 8 nitrogen and oxygen atoms in total. The minimum Gasteiger partial charge on any atom is -0.351 e. The van der Waals surface area contributed by atoms with Gasteiger partial charge in [-0.3, -0.25) is 4.79 Å². The molecule has 150 valence electrons. The monoisotopic (exact) mass is 415 g/mol. The second-order valence-electron chi connectivity index (χ2n) is 6.95. The van der Waals surface area contributed by atoms with Crippen molar-refractivity contribution in [3.63, 3.8) is 0 Å². The molecule has 0 bridgehead atoms. The number of fused-ring (bicyclic) bond motifs is 1. The van der Waals surface area contributed by atoms with Crippen LogP contribution in [0.25, 0.3) is 0 Å². The molecular formula is C17H25N3O5S2. The van der Waals surface area contributed by atoms with Gasteiger partial charge in [0.1, 0.15) is 0 Å². The Balaban J connectivity index is 1.65. The third-order valence-corrected chi connectivity index (χ3v) is 8.79. The number of sulfone groups is 1. The van der Waals surface area contributed by atoms with Crippen molar-refractivity contribution >= 4 is 26.0 Å². The summed E-state index contributed by atoms with van der Waals surface area (Å²) in [5.41, 5.74) is 2.12. The molecule has 2 heterocycles. The summed E-state index contributed by atoms with van der Waals surface area (Å²) in [6.45, 7) is 2.20. The summed E-state index contributed by atoms with van der Waals surface area (Å²) >= 11 is 0. The van der Waals surface area contributed by atoms with E-state index in [1.807, 2.05) is 24.3 Å². The first-order valence-corrected chi connectivity index (χ1v) is 12.2. The van der Waals surface area contributed by atoms with Gasteiger partial charge in [0.25, 0.3) is 10.2 Å². The van der Waals surface area contributed by atoms with E-state index in [0.29, 0.717) is 19.4 Å². The first kappa shape index (κ1) is 20.2. The lowest BCUT2D eigenvalue weighted by molar-refractivity contribution is -0.121. The Morgan fingerprint density at radius 1 is 1.30 bits per heavy atom. The Morgan fingerprint density at radius 2 is 2.00 bits per heavy atom. The molecule has 10 heteroatoms. The van der Waals surface area contributed by atoms with Crippen LogP contribution in [0.15, 0.2) is 24.3 Å². The molecule has 2 aliphatic rings. The van der Waals surface area contributed by atoms with E-state index in [0.717, 1.165) is 15.4 Å². The fourth-order valence-corrected chi connectivity index (χ4v) is 6.76. The Kier molecular flexibility index (Phi) is 5.90. The van der Waals surface area contributed by atoms with E-state index in [9.17, 15) is 21.6 Å².